The van der Waals surface area contributed by atoms with Gasteiger partial charge < -0.3 is 16.0 Å². The number of carbonyl (C=O) groups is 1. The molecule has 0 fully saturated rings. The standard InChI is InChI=1S/C26H29N3OS/c1-18(2)17-20-9-11-21(12-10-20)19(3)25(30)29-26(31)28-24-15-13-23(14-16-24)27-22-7-5-4-6-8-22/h4-16,18-19,27H,17H2,1-3H3,(H2,28,29,30,31). The van der Waals surface area contributed by atoms with Crippen molar-refractivity contribution >= 4 is 40.3 Å². The van der Waals surface area contributed by atoms with Crippen molar-refractivity contribution < 1.29 is 4.79 Å². The number of rotatable bonds is 7. The van der Waals surface area contributed by atoms with Gasteiger partial charge in [-0.2, -0.15) is 0 Å². The van der Waals surface area contributed by atoms with Crippen molar-refractivity contribution in [1.29, 1.82) is 0 Å². The van der Waals surface area contributed by atoms with Crippen molar-refractivity contribution in [2.24, 2.45) is 5.92 Å². The van der Waals surface area contributed by atoms with E-state index in [1.54, 1.807) is 0 Å². The van der Waals surface area contributed by atoms with Gasteiger partial charge in [-0.1, -0.05) is 56.3 Å². The molecular weight excluding hydrogens is 402 g/mol. The van der Waals surface area contributed by atoms with E-state index in [2.05, 4.69) is 41.9 Å². The van der Waals surface area contributed by atoms with E-state index < -0.39 is 0 Å². The zero-order valence-corrected chi connectivity index (χ0v) is 19.0. The molecule has 1 atom stereocenters. The van der Waals surface area contributed by atoms with Crippen molar-refractivity contribution in [3.8, 4) is 0 Å². The molecule has 3 aromatic carbocycles. The third-order valence-electron chi connectivity index (χ3n) is 4.96. The normalized spacial score (nSPS) is 11.6. The lowest BCUT2D eigenvalue weighted by atomic mass is 9.96. The van der Waals surface area contributed by atoms with Crippen molar-refractivity contribution in [3.05, 3.63) is 90.0 Å². The average Bonchev–Trinajstić information content (AvgIpc) is 2.75. The Bertz CT molecular complexity index is 999. The second-order valence-electron chi connectivity index (χ2n) is 8.07. The second kappa shape index (κ2) is 10.7. The summed E-state index contributed by atoms with van der Waals surface area (Å²) in [6, 6.07) is 26.0. The monoisotopic (exact) mass is 431 g/mol. The van der Waals surface area contributed by atoms with E-state index in [9.17, 15) is 4.79 Å². The van der Waals surface area contributed by atoms with Crippen LogP contribution < -0.4 is 16.0 Å². The summed E-state index contributed by atoms with van der Waals surface area (Å²) in [5.74, 6) is 0.194. The lowest BCUT2D eigenvalue weighted by molar-refractivity contribution is -0.120. The molecule has 0 aromatic heterocycles. The van der Waals surface area contributed by atoms with Crippen molar-refractivity contribution in [1.82, 2.24) is 5.32 Å². The van der Waals surface area contributed by atoms with E-state index in [4.69, 9.17) is 12.2 Å². The van der Waals surface area contributed by atoms with Gasteiger partial charge in [-0.05, 0) is 79.0 Å². The number of hydrogen-bond acceptors (Lipinski definition) is 3. The molecule has 0 aliphatic heterocycles. The van der Waals surface area contributed by atoms with Crippen LogP contribution in [0.25, 0.3) is 0 Å². The SMILES string of the molecule is CC(C)Cc1ccc(C(C)C(=O)NC(=S)Nc2ccc(Nc3ccccc3)cc2)cc1. The van der Waals surface area contributed by atoms with Crippen molar-refractivity contribution in [2.45, 2.75) is 33.1 Å². The Labute approximate surface area is 190 Å². The van der Waals surface area contributed by atoms with Crippen LogP contribution in [0.3, 0.4) is 0 Å². The van der Waals surface area contributed by atoms with E-state index in [1.165, 1.54) is 5.56 Å². The summed E-state index contributed by atoms with van der Waals surface area (Å²) < 4.78 is 0. The molecule has 0 bridgehead atoms. The van der Waals surface area contributed by atoms with Crippen LogP contribution >= 0.6 is 12.2 Å². The molecule has 0 saturated carbocycles. The van der Waals surface area contributed by atoms with Gasteiger partial charge >= 0.3 is 0 Å². The first kappa shape index (κ1) is 22.5. The lowest BCUT2D eigenvalue weighted by Crippen LogP contribution is -2.36. The van der Waals surface area contributed by atoms with Gasteiger partial charge in [-0.15, -0.1) is 0 Å². The summed E-state index contributed by atoms with van der Waals surface area (Å²) in [6.45, 7) is 6.29. The van der Waals surface area contributed by atoms with Crippen LogP contribution in [0.1, 0.15) is 37.8 Å². The Morgan fingerprint density at radius 3 is 2.00 bits per heavy atom. The molecule has 0 spiro atoms. The maximum Gasteiger partial charge on any atom is 0.233 e. The summed E-state index contributed by atoms with van der Waals surface area (Å²) >= 11 is 5.33. The quantitative estimate of drug-likeness (QED) is 0.387. The predicted molar refractivity (Wildman–Crippen MR) is 134 cm³/mol. The van der Waals surface area contributed by atoms with Crippen LogP contribution in [0.15, 0.2) is 78.9 Å². The summed E-state index contributed by atoms with van der Waals surface area (Å²) in [5.41, 5.74) is 5.07. The largest absolute Gasteiger partial charge is 0.356 e. The number of anilines is 3. The number of nitrogens with one attached hydrogen (secondary N) is 3. The smallest absolute Gasteiger partial charge is 0.233 e. The molecule has 0 radical (unpaired) electrons. The van der Waals surface area contributed by atoms with Gasteiger partial charge in [0.2, 0.25) is 5.91 Å². The minimum absolute atomic E-state index is 0.128. The number of benzene rings is 3. The van der Waals surface area contributed by atoms with Crippen LogP contribution in [0.5, 0.6) is 0 Å². The molecule has 3 N–H and O–H groups in total. The topological polar surface area (TPSA) is 53.2 Å². The number of para-hydroxylation sites is 1. The molecule has 3 aromatic rings. The molecule has 0 heterocycles. The fourth-order valence-electron chi connectivity index (χ4n) is 3.27. The first-order chi connectivity index (χ1) is 14.9. The first-order valence-corrected chi connectivity index (χ1v) is 10.9. The van der Waals surface area contributed by atoms with Crippen LogP contribution in [-0.2, 0) is 11.2 Å². The molecule has 5 heteroatoms. The molecule has 0 saturated heterocycles. The highest BCUT2D eigenvalue weighted by atomic mass is 32.1. The first-order valence-electron chi connectivity index (χ1n) is 10.5. The number of amides is 1. The summed E-state index contributed by atoms with van der Waals surface area (Å²) in [4.78, 5) is 12.6. The molecule has 0 aliphatic carbocycles. The van der Waals surface area contributed by atoms with Crippen LogP contribution in [0.4, 0.5) is 17.1 Å². The van der Waals surface area contributed by atoms with Gasteiger partial charge in [-0.25, -0.2) is 0 Å². The molecule has 31 heavy (non-hydrogen) atoms. The zero-order valence-electron chi connectivity index (χ0n) is 18.2. The fraction of sp³-hybridized carbons (Fsp3) is 0.231. The maximum atomic E-state index is 12.6. The average molecular weight is 432 g/mol. The van der Waals surface area contributed by atoms with Gasteiger partial charge in [0, 0.05) is 17.1 Å². The van der Waals surface area contributed by atoms with E-state index in [-0.39, 0.29) is 16.9 Å². The van der Waals surface area contributed by atoms with Gasteiger partial charge in [0.15, 0.2) is 5.11 Å². The van der Waals surface area contributed by atoms with E-state index in [1.807, 2.05) is 73.7 Å². The zero-order chi connectivity index (χ0) is 22.2. The molecule has 4 nitrogen and oxygen atoms in total. The van der Waals surface area contributed by atoms with Gasteiger partial charge in [0.25, 0.3) is 0 Å². The molecule has 0 aliphatic rings. The van der Waals surface area contributed by atoms with Gasteiger partial charge in [-0.3, -0.25) is 4.79 Å². The molecule has 1 amide bonds. The summed E-state index contributed by atoms with van der Waals surface area (Å²) in [7, 11) is 0. The lowest BCUT2D eigenvalue weighted by Gasteiger charge is -2.15. The highest BCUT2D eigenvalue weighted by Gasteiger charge is 2.16. The Morgan fingerprint density at radius 2 is 1.39 bits per heavy atom. The molecule has 1 unspecified atom stereocenters. The van der Waals surface area contributed by atoms with E-state index in [0.29, 0.717) is 5.92 Å². The van der Waals surface area contributed by atoms with Gasteiger partial charge in [0.05, 0.1) is 5.92 Å². The summed E-state index contributed by atoms with van der Waals surface area (Å²) in [6.07, 6.45) is 1.04. The van der Waals surface area contributed by atoms with Crippen LogP contribution in [0.2, 0.25) is 0 Å². The Balaban J connectivity index is 1.52. The minimum Gasteiger partial charge on any atom is -0.356 e. The third-order valence-corrected chi connectivity index (χ3v) is 5.16. The third kappa shape index (κ3) is 6.93. The van der Waals surface area contributed by atoms with Crippen LogP contribution in [0, 0.1) is 5.92 Å². The number of hydrogen-bond donors (Lipinski definition) is 3. The molecule has 3 rings (SSSR count). The fourth-order valence-corrected chi connectivity index (χ4v) is 3.49. The highest BCUT2D eigenvalue weighted by Crippen LogP contribution is 2.20. The predicted octanol–water partition coefficient (Wildman–Crippen LogP) is 6.25. The summed E-state index contributed by atoms with van der Waals surface area (Å²) in [5, 5.41) is 9.49. The second-order valence-corrected chi connectivity index (χ2v) is 8.48. The van der Waals surface area contributed by atoms with E-state index >= 15 is 0 Å². The van der Waals surface area contributed by atoms with Crippen molar-refractivity contribution in [2.75, 3.05) is 10.6 Å². The molecule has 160 valence electrons. The maximum absolute atomic E-state index is 12.6. The highest BCUT2D eigenvalue weighted by molar-refractivity contribution is 7.80. The molecular formula is C26H29N3OS. The number of carbonyl (C=O) groups excluding carboxylic acids is 1. The Kier molecular flexibility index (Phi) is 7.79. The van der Waals surface area contributed by atoms with E-state index in [0.717, 1.165) is 29.0 Å². The van der Waals surface area contributed by atoms with Crippen LogP contribution in [-0.4, -0.2) is 11.0 Å². The van der Waals surface area contributed by atoms with Gasteiger partial charge in [0.1, 0.15) is 0 Å². The Hall–Kier alpha value is -3.18. The van der Waals surface area contributed by atoms with Crippen molar-refractivity contribution in [3.63, 3.8) is 0 Å². The minimum atomic E-state index is -0.287. The number of thiocarbonyl (C=S) groups is 1. The Morgan fingerprint density at radius 1 is 0.806 bits per heavy atom.